The zero-order chi connectivity index (χ0) is 12.9. The summed E-state index contributed by atoms with van der Waals surface area (Å²) in [7, 11) is 1.78. The maximum atomic E-state index is 10.7. The van der Waals surface area contributed by atoms with Gasteiger partial charge in [0, 0.05) is 12.6 Å². The first-order valence-electron chi connectivity index (χ1n) is 5.56. The molecule has 0 radical (unpaired) electrons. The number of aliphatic carboxylic acids is 1. The second kappa shape index (κ2) is 6.18. The van der Waals surface area contributed by atoms with E-state index in [-0.39, 0.29) is 12.6 Å². The summed E-state index contributed by atoms with van der Waals surface area (Å²) >= 11 is 0. The summed E-state index contributed by atoms with van der Waals surface area (Å²) in [5.74, 6) is -0.791. The van der Waals surface area contributed by atoms with E-state index in [1.165, 1.54) is 6.92 Å². The van der Waals surface area contributed by atoms with Crippen LogP contribution in [0.3, 0.4) is 0 Å². The van der Waals surface area contributed by atoms with E-state index in [4.69, 9.17) is 10.8 Å². The molecule has 2 atom stereocenters. The van der Waals surface area contributed by atoms with Crippen molar-refractivity contribution in [2.45, 2.75) is 38.8 Å². The van der Waals surface area contributed by atoms with Crippen molar-refractivity contribution in [3.05, 3.63) is 0 Å². The van der Waals surface area contributed by atoms with Crippen LogP contribution in [-0.2, 0) is 4.79 Å². The molecule has 0 aromatic carbocycles. The second-order valence-electron chi connectivity index (χ2n) is 5.01. The molecule has 0 saturated carbocycles. The Labute approximate surface area is 97.2 Å². The molecule has 0 aliphatic carbocycles. The quantitative estimate of drug-likeness (QED) is 0.580. The summed E-state index contributed by atoms with van der Waals surface area (Å²) in [6.45, 7) is 6.19. The van der Waals surface area contributed by atoms with E-state index in [1.54, 1.807) is 11.9 Å². The van der Waals surface area contributed by atoms with Crippen LogP contribution in [-0.4, -0.2) is 52.9 Å². The van der Waals surface area contributed by atoms with Crippen molar-refractivity contribution in [1.82, 2.24) is 4.90 Å². The molecule has 0 rings (SSSR count). The van der Waals surface area contributed by atoms with E-state index < -0.39 is 11.6 Å². The molecular formula is C11H24N2O3. The zero-order valence-corrected chi connectivity index (χ0v) is 10.6. The van der Waals surface area contributed by atoms with Crippen LogP contribution in [0.15, 0.2) is 0 Å². The summed E-state index contributed by atoms with van der Waals surface area (Å²) < 4.78 is 0. The summed E-state index contributed by atoms with van der Waals surface area (Å²) in [5, 5.41) is 18.3. The number of nitrogens with two attached hydrogens (primary N) is 1. The number of hydrogen-bond acceptors (Lipinski definition) is 4. The lowest BCUT2D eigenvalue weighted by Gasteiger charge is -2.26. The molecular weight excluding hydrogens is 208 g/mol. The van der Waals surface area contributed by atoms with Gasteiger partial charge >= 0.3 is 5.97 Å². The highest BCUT2D eigenvalue weighted by molar-refractivity contribution is 5.76. The highest BCUT2D eigenvalue weighted by Crippen LogP contribution is 2.08. The Hall–Kier alpha value is -0.650. The van der Waals surface area contributed by atoms with Crippen molar-refractivity contribution in [2.24, 2.45) is 11.7 Å². The van der Waals surface area contributed by atoms with Crippen LogP contribution in [0.1, 0.15) is 27.2 Å². The first kappa shape index (κ1) is 15.3. The van der Waals surface area contributed by atoms with E-state index in [2.05, 4.69) is 13.8 Å². The summed E-state index contributed by atoms with van der Waals surface area (Å²) in [4.78, 5) is 12.5. The Morgan fingerprint density at radius 3 is 2.38 bits per heavy atom. The van der Waals surface area contributed by atoms with Crippen LogP contribution in [0.25, 0.3) is 0 Å². The molecule has 0 spiro atoms. The summed E-state index contributed by atoms with van der Waals surface area (Å²) in [6.07, 6.45) is 0.796. The number of carboxylic acids is 1. The van der Waals surface area contributed by atoms with Crippen molar-refractivity contribution < 1.29 is 15.0 Å². The van der Waals surface area contributed by atoms with Crippen molar-refractivity contribution in [3.63, 3.8) is 0 Å². The number of nitrogens with zero attached hydrogens (tertiary/aromatic N) is 1. The average molecular weight is 232 g/mol. The van der Waals surface area contributed by atoms with Crippen LogP contribution in [0.4, 0.5) is 0 Å². The molecule has 0 amide bonds. The van der Waals surface area contributed by atoms with Crippen LogP contribution in [0, 0.1) is 5.92 Å². The van der Waals surface area contributed by atoms with Gasteiger partial charge in [-0.25, -0.2) is 4.79 Å². The monoisotopic (exact) mass is 232 g/mol. The third-order valence-corrected chi connectivity index (χ3v) is 2.74. The Morgan fingerprint density at radius 2 is 2.00 bits per heavy atom. The lowest BCUT2D eigenvalue weighted by atomic mass is 10.0. The predicted molar refractivity (Wildman–Crippen MR) is 63.2 cm³/mol. The van der Waals surface area contributed by atoms with Crippen molar-refractivity contribution in [2.75, 3.05) is 20.1 Å². The highest BCUT2D eigenvalue weighted by Gasteiger charge is 2.31. The van der Waals surface area contributed by atoms with Gasteiger partial charge in [0.15, 0.2) is 5.60 Å². The maximum absolute atomic E-state index is 10.7. The lowest BCUT2D eigenvalue weighted by molar-refractivity contribution is -0.158. The number of likely N-dealkylation sites (N-methyl/N-ethyl adjacent to an activating group) is 1. The van der Waals surface area contributed by atoms with Gasteiger partial charge in [0.1, 0.15) is 0 Å². The minimum atomic E-state index is -1.70. The Morgan fingerprint density at radius 1 is 1.50 bits per heavy atom. The first-order valence-corrected chi connectivity index (χ1v) is 5.56. The maximum Gasteiger partial charge on any atom is 0.336 e. The normalized spacial score (nSPS) is 17.5. The van der Waals surface area contributed by atoms with Crippen molar-refractivity contribution >= 4 is 5.97 Å². The van der Waals surface area contributed by atoms with E-state index in [9.17, 15) is 9.90 Å². The Balaban J connectivity index is 4.00. The van der Waals surface area contributed by atoms with Gasteiger partial charge in [-0.2, -0.15) is 0 Å². The molecule has 0 aromatic heterocycles. The number of rotatable bonds is 7. The number of aliphatic hydroxyl groups is 1. The van der Waals surface area contributed by atoms with Gasteiger partial charge in [0.05, 0.1) is 0 Å². The minimum absolute atomic E-state index is 0.104. The predicted octanol–water partition coefficient (Wildman–Crippen LogP) is 0.127. The van der Waals surface area contributed by atoms with Crippen molar-refractivity contribution in [1.29, 1.82) is 0 Å². The molecule has 5 heteroatoms. The zero-order valence-electron chi connectivity index (χ0n) is 10.6. The fraction of sp³-hybridized carbons (Fsp3) is 0.909. The topological polar surface area (TPSA) is 86.8 Å². The lowest BCUT2D eigenvalue weighted by Crippen LogP contribution is -2.46. The number of carbonyl (C=O) groups is 1. The third-order valence-electron chi connectivity index (χ3n) is 2.74. The second-order valence-corrected chi connectivity index (χ2v) is 5.01. The molecule has 0 saturated heterocycles. The van der Waals surface area contributed by atoms with Gasteiger partial charge in [-0.05, 0) is 32.9 Å². The molecule has 16 heavy (non-hydrogen) atoms. The molecule has 4 N–H and O–H groups in total. The molecule has 96 valence electrons. The van der Waals surface area contributed by atoms with Gasteiger partial charge in [-0.15, -0.1) is 0 Å². The fourth-order valence-electron chi connectivity index (χ4n) is 1.38. The largest absolute Gasteiger partial charge is 0.479 e. The number of hydrogen-bond donors (Lipinski definition) is 3. The molecule has 5 nitrogen and oxygen atoms in total. The Bertz CT molecular complexity index is 229. The van der Waals surface area contributed by atoms with E-state index in [0.717, 1.165) is 6.42 Å². The van der Waals surface area contributed by atoms with Crippen LogP contribution >= 0.6 is 0 Å². The van der Waals surface area contributed by atoms with Gasteiger partial charge in [0.2, 0.25) is 0 Å². The van der Waals surface area contributed by atoms with E-state index in [1.807, 2.05) is 0 Å². The molecule has 0 aliphatic rings. The molecule has 0 aliphatic heterocycles. The highest BCUT2D eigenvalue weighted by atomic mass is 16.4. The van der Waals surface area contributed by atoms with Gasteiger partial charge in [-0.3, -0.25) is 0 Å². The molecule has 2 unspecified atom stereocenters. The SMILES string of the molecule is CC(C)C(N)CCN(C)CC(C)(O)C(=O)O. The van der Waals surface area contributed by atoms with Crippen LogP contribution < -0.4 is 5.73 Å². The van der Waals surface area contributed by atoms with E-state index in [0.29, 0.717) is 12.5 Å². The van der Waals surface area contributed by atoms with Gasteiger partial charge in [-0.1, -0.05) is 13.8 Å². The minimum Gasteiger partial charge on any atom is -0.479 e. The fourth-order valence-corrected chi connectivity index (χ4v) is 1.38. The smallest absolute Gasteiger partial charge is 0.336 e. The first-order chi connectivity index (χ1) is 7.16. The average Bonchev–Trinajstić information content (AvgIpc) is 2.12. The molecule has 0 aromatic rings. The van der Waals surface area contributed by atoms with Crippen molar-refractivity contribution in [3.8, 4) is 0 Å². The Kier molecular flexibility index (Phi) is 5.92. The number of carboxylic acid groups (broad SMARTS) is 1. The van der Waals surface area contributed by atoms with Crippen LogP contribution in [0.2, 0.25) is 0 Å². The van der Waals surface area contributed by atoms with E-state index >= 15 is 0 Å². The standard InChI is InChI=1S/C11H24N2O3/c1-8(2)9(12)5-6-13(4)7-11(3,16)10(14)15/h8-9,16H,5-7,12H2,1-4H3,(H,14,15). The molecule has 0 fully saturated rings. The van der Waals surface area contributed by atoms with Crippen LogP contribution in [0.5, 0.6) is 0 Å². The molecule has 0 heterocycles. The van der Waals surface area contributed by atoms with Gasteiger partial charge < -0.3 is 20.8 Å². The molecule has 0 bridgehead atoms. The van der Waals surface area contributed by atoms with Gasteiger partial charge in [0.25, 0.3) is 0 Å². The summed E-state index contributed by atoms with van der Waals surface area (Å²) in [5.41, 5.74) is 4.19. The summed E-state index contributed by atoms with van der Waals surface area (Å²) in [6, 6.07) is 0.109. The third kappa shape index (κ3) is 5.44.